The smallest absolute Gasteiger partial charge is 0.226 e. The van der Waals surface area contributed by atoms with Crippen molar-refractivity contribution in [2.45, 2.75) is 52.5 Å². The van der Waals surface area contributed by atoms with Crippen LogP contribution in [0.4, 0.5) is 5.95 Å². The average molecular weight is 249 g/mol. The Bertz CT molecular complexity index is 382. The largest absolute Gasteiger partial charge is 0.478 e. The third-order valence-electron chi connectivity index (χ3n) is 3.59. The molecule has 0 amide bonds. The molecule has 4 nitrogen and oxygen atoms in total. The third-order valence-corrected chi connectivity index (χ3v) is 3.59. The molecule has 0 aromatic carbocycles. The summed E-state index contributed by atoms with van der Waals surface area (Å²) in [6.07, 6.45) is 6.64. The maximum Gasteiger partial charge on any atom is 0.226 e. The fourth-order valence-electron chi connectivity index (χ4n) is 2.37. The predicted octanol–water partition coefficient (Wildman–Crippen LogP) is 3.26. The van der Waals surface area contributed by atoms with E-state index in [4.69, 9.17) is 4.74 Å². The van der Waals surface area contributed by atoms with Gasteiger partial charge in [0.15, 0.2) is 0 Å². The van der Waals surface area contributed by atoms with Gasteiger partial charge in [0, 0.05) is 18.3 Å². The van der Waals surface area contributed by atoms with Crippen LogP contribution in [0, 0.1) is 5.41 Å². The third kappa shape index (κ3) is 3.59. The van der Waals surface area contributed by atoms with Crippen molar-refractivity contribution < 1.29 is 4.74 Å². The van der Waals surface area contributed by atoms with Gasteiger partial charge in [-0.3, -0.25) is 0 Å². The summed E-state index contributed by atoms with van der Waals surface area (Å²) in [5, 5.41) is 3.42. The Morgan fingerprint density at radius 2 is 2.11 bits per heavy atom. The highest BCUT2D eigenvalue weighted by Crippen LogP contribution is 2.35. The summed E-state index contributed by atoms with van der Waals surface area (Å²) < 4.78 is 5.38. The van der Waals surface area contributed by atoms with Crippen molar-refractivity contribution in [2.24, 2.45) is 5.41 Å². The highest BCUT2D eigenvalue weighted by molar-refractivity contribution is 5.29. The number of hydrogen-bond acceptors (Lipinski definition) is 4. The SMILES string of the molecule is CCOc1ccnc(NC2CCC(C)(C)CC2)n1. The molecular formula is C14H23N3O. The lowest BCUT2D eigenvalue weighted by atomic mass is 9.76. The second kappa shape index (κ2) is 5.55. The van der Waals surface area contributed by atoms with Crippen molar-refractivity contribution in [2.75, 3.05) is 11.9 Å². The number of ether oxygens (including phenoxy) is 1. The van der Waals surface area contributed by atoms with Gasteiger partial charge in [-0.25, -0.2) is 4.98 Å². The lowest BCUT2D eigenvalue weighted by Crippen LogP contribution is -2.30. The van der Waals surface area contributed by atoms with Gasteiger partial charge in [0.05, 0.1) is 6.61 Å². The van der Waals surface area contributed by atoms with Crippen molar-refractivity contribution in [1.29, 1.82) is 0 Å². The standard InChI is InChI=1S/C14H23N3O/c1-4-18-12-7-10-15-13(17-12)16-11-5-8-14(2,3)9-6-11/h7,10-11H,4-6,8-9H2,1-3H3,(H,15,16,17). The minimum atomic E-state index is 0.492. The first-order chi connectivity index (χ1) is 8.59. The zero-order valence-electron chi connectivity index (χ0n) is 11.6. The van der Waals surface area contributed by atoms with Crippen LogP contribution >= 0.6 is 0 Å². The second-order valence-corrected chi connectivity index (χ2v) is 5.73. The predicted molar refractivity (Wildman–Crippen MR) is 72.9 cm³/mol. The summed E-state index contributed by atoms with van der Waals surface area (Å²) >= 11 is 0. The Morgan fingerprint density at radius 3 is 2.78 bits per heavy atom. The van der Waals surface area contributed by atoms with Gasteiger partial charge in [0.2, 0.25) is 11.8 Å². The summed E-state index contributed by atoms with van der Waals surface area (Å²) in [4.78, 5) is 8.60. The molecule has 18 heavy (non-hydrogen) atoms. The number of rotatable bonds is 4. The Kier molecular flexibility index (Phi) is 4.04. The van der Waals surface area contributed by atoms with Gasteiger partial charge in [-0.1, -0.05) is 13.8 Å². The molecule has 2 rings (SSSR count). The van der Waals surface area contributed by atoms with Crippen LogP contribution in [-0.2, 0) is 0 Å². The lowest BCUT2D eigenvalue weighted by Gasteiger charge is -2.34. The van der Waals surface area contributed by atoms with E-state index >= 15 is 0 Å². The van der Waals surface area contributed by atoms with Crippen LogP contribution < -0.4 is 10.1 Å². The minimum absolute atomic E-state index is 0.492. The Labute approximate surface area is 109 Å². The van der Waals surface area contributed by atoms with Crippen LogP contribution in [0.2, 0.25) is 0 Å². The summed E-state index contributed by atoms with van der Waals surface area (Å²) in [6.45, 7) is 7.28. The van der Waals surface area contributed by atoms with Crippen molar-refractivity contribution in [3.05, 3.63) is 12.3 Å². The molecule has 0 atom stereocenters. The van der Waals surface area contributed by atoms with Crippen molar-refractivity contribution in [3.8, 4) is 5.88 Å². The topological polar surface area (TPSA) is 47.0 Å². The van der Waals surface area contributed by atoms with Crippen molar-refractivity contribution >= 4 is 5.95 Å². The summed E-state index contributed by atoms with van der Waals surface area (Å²) in [6, 6.07) is 2.29. The molecule has 1 fully saturated rings. The van der Waals surface area contributed by atoms with Crippen LogP contribution in [0.25, 0.3) is 0 Å². The first-order valence-corrected chi connectivity index (χ1v) is 6.81. The van der Waals surface area contributed by atoms with Gasteiger partial charge < -0.3 is 10.1 Å². The minimum Gasteiger partial charge on any atom is -0.478 e. The van der Waals surface area contributed by atoms with Crippen LogP contribution in [0.15, 0.2) is 12.3 Å². The van der Waals surface area contributed by atoms with E-state index in [0.717, 1.165) is 0 Å². The van der Waals surface area contributed by atoms with Crippen molar-refractivity contribution in [1.82, 2.24) is 9.97 Å². The van der Waals surface area contributed by atoms with E-state index in [1.807, 2.05) is 6.92 Å². The highest BCUT2D eigenvalue weighted by Gasteiger charge is 2.26. The molecule has 1 heterocycles. The van der Waals surface area contributed by atoms with Crippen molar-refractivity contribution in [3.63, 3.8) is 0 Å². The van der Waals surface area contributed by atoms with Gasteiger partial charge >= 0.3 is 0 Å². The molecule has 0 radical (unpaired) electrons. The lowest BCUT2D eigenvalue weighted by molar-refractivity contribution is 0.232. The number of aromatic nitrogens is 2. The maximum atomic E-state index is 5.38. The second-order valence-electron chi connectivity index (χ2n) is 5.73. The molecular weight excluding hydrogens is 226 g/mol. The van der Waals surface area contributed by atoms with Gasteiger partial charge in [-0.15, -0.1) is 0 Å². The number of nitrogens with zero attached hydrogens (tertiary/aromatic N) is 2. The van der Waals surface area contributed by atoms with E-state index in [1.54, 1.807) is 12.3 Å². The summed E-state index contributed by atoms with van der Waals surface area (Å²) in [5.74, 6) is 1.33. The quantitative estimate of drug-likeness (QED) is 0.889. The summed E-state index contributed by atoms with van der Waals surface area (Å²) in [5.41, 5.74) is 0.492. The fraction of sp³-hybridized carbons (Fsp3) is 0.714. The van der Waals surface area contributed by atoms with Crippen LogP contribution in [0.3, 0.4) is 0 Å². The van der Waals surface area contributed by atoms with Gasteiger partial charge in [0.1, 0.15) is 0 Å². The van der Waals surface area contributed by atoms with E-state index in [0.29, 0.717) is 29.9 Å². The average Bonchev–Trinajstić information content (AvgIpc) is 2.33. The zero-order valence-corrected chi connectivity index (χ0v) is 11.6. The number of nitrogens with one attached hydrogen (secondary N) is 1. The maximum absolute atomic E-state index is 5.38. The molecule has 1 saturated carbocycles. The first kappa shape index (κ1) is 13.1. The molecule has 4 heteroatoms. The van der Waals surface area contributed by atoms with E-state index < -0.39 is 0 Å². The zero-order chi connectivity index (χ0) is 13.0. The molecule has 1 aromatic rings. The Morgan fingerprint density at radius 1 is 1.39 bits per heavy atom. The van der Waals surface area contributed by atoms with E-state index in [2.05, 4.69) is 29.1 Å². The molecule has 0 unspecified atom stereocenters. The Hall–Kier alpha value is -1.32. The molecule has 0 spiro atoms. The van der Waals surface area contributed by atoms with Crippen LogP contribution in [0.1, 0.15) is 46.5 Å². The highest BCUT2D eigenvalue weighted by atomic mass is 16.5. The Balaban J connectivity index is 1.91. The molecule has 1 N–H and O–H groups in total. The molecule has 0 aliphatic heterocycles. The van der Waals surface area contributed by atoms with E-state index in [9.17, 15) is 0 Å². The molecule has 1 aromatic heterocycles. The van der Waals surface area contributed by atoms with Gasteiger partial charge in [-0.2, -0.15) is 4.98 Å². The van der Waals surface area contributed by atoms with E-state index in [-0.39, 0.29) is 0 Å². The molecule has 1 aliphatic carbocycles. The molecule has 1 aliphatic rings. The van der Waals surface area contributed by atoms with Crippen LogP contribution in [-0.4, -0.2) is 22.6 Å². The fourth-order valence-corrected chi connectivity index (χ4v) is 2.37. The first-order valence-electron chi connectivity index (χ1n) is 6.81. The monoisotopic (exact) mass is 249 g/mol. The number of hydrogen-bond donors (Lipinski definition) is 1. The summed E-state index contributed by atoms with van der Waals surface area (Å²) in [7, 11) is 0. The van der Waals surface area contributed by atoms with E-state index in [1.165, 1.54) is 25.7 Å². The molecule has 0 saturated heterocycles. The number of anilines is 1. The van der Waals surface area contributed by atoms with Gasteiger partial charge in [-0.05, 0) is 38.0 Å². The van der Waals surface area contributed by atoms with Gasteiger partial charge in [0.25, 0.3) is 0 Å². The molecule has 100 valence electrons. The molecule has 0 bridgehead atoms. The normalized spacial score (nSPS) is 19.5. The van der Waals surface area contributed by atoms with Crippen LogP contribution in [0.5, 0.6) is 5.88 Å².